The lowest BCUT2D eigenvalue weighted by Gasteiger charge is -2.10. The molecular formula is C17H20ClN3O2. The van der Waals surface area contributed by atoms with Gasteiger partial charge >= 0.3 is 0 Å². The van der Waals surface area contributed by atoms with E-state index in [0.29, 0.717) is 35.6 Å². The molecule has 0 saturated heterocycles. The Balaban J connectivity index is 1.93. The van der Waals surface area contributed by atoms with E-state index in [2.05, 4.69) is 10.3 Å². The number of guanidine groups is 1. The van der Waals surface area contributed by atoms with Gasteiger partial charge in [0.25, 0.3) is 0 Å². The van der Waals surface area contributed by atoms with E-state index in [4.69, 9.17) is 26.8 Å². The highest BCUT2D eigenvalue weighted by molar-refractivity contribution is 6.30. The van der Waals surface area contributed by atoms with E-state index in [0.717, 1.165) is 11.1 Å². The lowest BCUT2D eigenvalue weighted by atomic mass is 10.2. The summed E-state index contributed by atoms with van der Waals surface area (Å²) in [6.45, 7) is 1.02. The van der Waals surface area contributed by atoms with Crippen LogP contribution < -0.4 is 20.5 Å². The van der Waals surface area contributed by atoms with Gasteiger partial charge in [0.1, 0.15) is 0 Å². The number of benzene rings is 2. The van der Waals surface area contributed by atoms with Crippen molar-refractivity contribution >= 4 is 17.6 Å². The van der Waals surface area contributed by atoms with Crippen molar-refractivity contribution in [1.29, 1.82) is 0 Å². The molecule has 122 valence electrons. The third-order valence-electron chi connectivity index (χ3n) is 3.24. The van der Waals surface area contributed by atoms with Crippen LogP contribution in [0.5, 0.6) is 11.5 Å². The molecule has 0 fully saturated rings. The van der Waals surface area contributed by atoms with E-state index in [1.165, 1.54) is 0 Å². The first-order valence-electron chi connectivity index (χ1n) is 7.11. The van der Waals surface area contributed by atoms with Crippen LogP contribution in [0.1, 0.15) is 11.1 Å². The molecule has 0 heterocycles. The normalized spacial score (nSPS) is 11.2. The number of nitrogens with two attached hydrogens (primary N) is 1. The number of hydrogen-bond donors (Lipinski definition) is 2. The molecule has 0 atom stereocenters. The summed E-state index contributed by atoms with van der Waals surface area (Å²) in [7, 11) is 3.21. The van der Waals surface area contributed by atoms with E-state index in [1.807, 2.05) is 42.5 Å². The third kappa shape index (κ3) is 5.07. The van der Waals surface area contributed by atoms with Crippen molar-refractivity contribution in [2.24, 2.45) is 10.7 Å². The van der Waals surface area contributed by atoms with E-state index in [-0.39, 0.29) is 0 Å². The monoisotopic (exact) mass is 333 g/mol. The predicted octanol–water partition coefficient (Wildman–Crippen LogP) is 2.96. The molecule has 2 aromatic carbocycles. The second-order valence-corrected chi connectivity index (χ2v) is 5.31. The number of halogens is 1. The van der Waals surface area contributed by atoms with Gasteiger partial charge in [0, 0.05) is 11.6 Å². The van der Waals surface area contributed by atoms with Crippen LogP contribution in [-0.2, 0) is 13.1 Å². The van der Waals surface area contributed by atoms with Crippen molar-refractivity contribution in [3.8, 4) is 11.5 Å². The Kier molecular flexibility index (Phi) is 6.11. The van der Waals surface area contributed by atoms with Gasteiger partial charge in [-0.1, -0.05) is 29.8 Å². The standard InChI is InChI=1S/C17H20ClN3O2/c1-22-15-7-6-13(9-16(15)23-2)11-21-17(19)20-10-12-4-3-5-14(18)8-12/h3-9H,10-11H2,1-2H3,(H3,19,20,21). The van der Waals surface area contributed by atoms with Gasteiger partial charge in [-0.3, -0.25) is 0 Å². The van der Waals surface area contributed by atoms with Crippen LogP contribution in [0.4, 0.5) is 0 Å². The summed E-state index contributed by atoms with van der Waals surface area (Å²) in [5, 5.41) is 3.76. The van der Waals surface area contributed by atoms with E-state index >= 15 is 0 Å². The SMILES string of the molecule is COc1ccc(CNC(N)=NCc2cccc(Cl)c2)cc1OC. The Bertz CT molecular complexity index is 689. The van der Waals surface area contributed by atoms with Gasteiger partial charge < -0.3 is 20.5 Å². The number of methoxy groups -OCH3 is 2. The van der Waals surface area contributed by atoms with Crippen LogP contribution in [-0.4, -0.2) is 20.2 Å². The van der Waals surface area contributed by atoms with Crippen LogP contribution in [0.2, 0.25) is 5.02 Å². The number of nitrogens with zero attached hydrogens (tertiary/aromatic N) is 1. The molecule has 5 nitrogen and oxygen atoms in total. The zero-order valence-corrected chi connectivity index (χ0v) is 13.9. The minimum absolute atomic E-state index is 0.375. The van der Waals surface area contributed by atoms with Crippen molar-refractivity contribution < 1.29 is 9.47 Å². The third-order valence-corrected chi connectivity index (χ3v) is 3.48. The van der Waals surface area contributed by atoms with Crippen LogP contribution in [0.3, 0.4) is 0 Å². The highest BCUT2D eigenvalue weighted by atomic mass is 35.5. The number of ether oxygens (including phenoxy) is 2. The Hall–Kier alpha value is -2.40. The van der Waals surface area contributed by atoms with Crippen molar-refractivity contribution in [1.82, 2.24) is 5.32 Å². The molecule has 0 aliphatic rings. The smallest absolute Gasteiger partial charge is 0.189 e. The molecule has 2 rings (SSSR count). The summed E-state index contributed by atoms with van der Waals surface area (Å²) < 4.78 is 10.5. The van der Waals surface area contributed by atoms with E-state index in [1.54, 1.807) is 14.2 Å². The molecule has 0 spiro atoms. The summed E-state index contributed by atoms with van der Waals surface area (Å²) >= 11 is 5.94. The molecule has 6 heteroatoms. The van der Waals surface area contributed by atoms with Crippen LogP contribution >= 0.6 is 11.6 Å². The molecule has 3 N–H and O–H groups in total. The molecule has 0 aliphatic carbocycles. The van der Waals surface area contributed by atoms with Crippen molar-refractivity contribution in [3.63, 3.8) is 0 Å². The first-order valence-corrected chi connectivity index (χ1v) is 7.49. The predicted molar refractivity (Wildman–Crippen MR) is 93.2 cm³/mol. The first kappa shape index (κ1) is 17.0. The van der Waals surface area contributed by atoms with Gasteiger partial charge in [-0.2, -0.15) is 0 Å². The maximum absolute atomic E-state index is 5.94. The molecule has 0 unspecified atom stereocenters. The minimum atomic E-state index is 0.375. The Morgan fingerprint density at radius 1 is 1.09 bits per heavy atom. The summed E-state index contributed by atoms with van der Waals surface area (Å²) in [6, 6.07) is 13.2. The summed E-state index contributed by atoms with van der Waals surface area (Å²) in [5.74, 6) is 1.75. The quantitative estimate of drug-likeness (QED) is 0.630. The zero-order chi connectivity index (χ0) is 16.7. The fraction of sp³-hybridized carbons (Fsp3) is 0.235. The van der Waals surface area contributed by atoms with Crippen molar-refractivity contribution in [2.45, 2.75) is 13.1 Å². The fourth-order valence-electron chi connectivity index (χ4n) is 2.05. The van der Waals surface area contributed by atoms with E-state index in [9.17, 15) is 0 Å². The van der Waals surface area contributed by atoms with Gasteiger partial charge in [0.2, 0.25) is 0 Å². The second kappa shape index (κ2) is 8.29. The fourth-order valence-corrected chi connectivity index (χ4v) is 2.26. The highest BCUT2D eigenvalue weighted by Crippen LogP contribution is 2.27. The molecule has 0 saturated carbocycles. The Morgan fingerprint density at radius 3 is 2.57 bits per heavy atom. The highest BCUT2D eigenvalue weighted by Gasteiger charge is 2.04. The number of nitrogens with one attached hydrogen (secondary N) is 1. The Morgan fingerprint density at radius 2 is 1.87 bits per heavy atom. The van der Waals surface area contributed by atoms with Crippen LogP contribution in [0.15, 0.2) is 47.5 Å². The minimum Gasteiger partial charge on any atom is -0.493 e. The number of aliphatic imine (C=N–C) groups is 1. The molecule has 0 radical (unpaired) electrons. The molecule has 23 heavy (non-hydrogen) atoms. The van der Waals surface area contributed by atoms with Crippen LogP contribution in [0.25, 0.3) is 0 Å². The van der Waals surface area contributed by atoms with Gasteiger partial charge in [0.15, 0.2) is 17.5 Å². The molecule has 0 aromatic heterocycles. The van der Waals surface area contributed by atoms with Gasteiger partial charge in [-0.25, -0.2) is 4.99 Å². The lowest BCUT2D eigenvalue weighted by molar-refractivity contribution is 0.354. The maximum atomic E-state index is 5.94. The number of hydrogen-bond acceptors (Lipinski definition) is 3. The molecule has 0 amide bonds. The summed E-state index contributed by atoms with van der Waals surface area (Å²) in [5.41, 5.74) is 7.91. The molecule has 2 aromatic rings. The average molecular weight is 334 g/mol. The first-order chi connectivity index (χ1) is 11.1. The summed E-state index contributed by atoms with van der Waals surface area (Å²) in [4.78, 5) is 4.30. The Labute approximate surface area is 141 Å². The van der Waals surface area contributed by atoms with Crippen LogP contribution in [0, 0.1) is 0 Å². The topological polar surface area (TPSA) is 68.9 Å². The van der Waals surface area contributed by atoms with Gasteiger partial charge in [0.05, 0.1) is 20.8 Å². The second-order valence-electron chi connectivity index (χ2n) is 4.87. The zero-order valence-electron chi connectivity index (χ0n) is 13.2. The van der Waals surface area contributed by atoms with E-state index < -0.39 is 0 Å². The average Bonchev–Trinajstić information content (AvgIpc) is 2.57. The van der Waals surface area contributed by atoms with Gasteiger partial charge in [-0.05, 0) is 35.4 Å². The van der Waals surface area contributed by atoms with Crippen molar-refractivity contribution in [3.05, 3.63) is 58.6 Å². The molecule has 0 aliphatic heterocycles. The summed E-state index contributed by atoms with van der Waals surface area (Å²) in [6.07, 6.45) is 0. The number of rotatable bonds is 6. The lowest BCUT2D eigenvalue weighted by Crippen LogP contribution is -2.31. The maximum Gasteiger partial charge on any atom is 0.189 e. The molecule has 0 bridgehead atoms. The molecular weight excluding hydrogens is 314 g/mol. The van der Waals surface area contributed by atoms with Gasteiger partial charge in [-0.15, -0.1) is 0 Å². The van der Waals surface area contributed by atoms with Crippen molar-refractivity contribution in [2.75, 3.05) is 14.2 Å². The largest absolute Gasteiger partial charge is 0.493 e.